The first-order valence-corrected chi connectivity index (χ1v) is 13.5. The first-order chi connectivity index (χ1) is 16.7. The van der Waals surface area contributed by atoms with Crippen LogP contribution in [0.15, 0.2) is 23.8 Å². The molecule has 6 nitrogen and oxygen atoms in total. The van der Waals surface area contributed by atoms with Crippen molar-refractivity contribution in [3.63, 3.8) is 0 Å². The van der Waals surface area contributed by atoms with Gasteiger partial charge in [0.15, 0.2) is 23.8 Å². The largest absolute Gasteiger partial charge is 0.458 e. The van der Waals surface area contributed by atoms with Gasteiger partial charge in [-0.05, 0) is 62.7 Å². The number of Topliss-reactive ketones (excluding diaryl/α,β-unsaturated/α-hetero) is 1. The molecule has 9 heteroatoms. The average molecular weight is 543 g/mol. The number of fused-ring (bicyclic) bond motifs is 7. The van der Waals surface area contributed by atoms with Crippen molar-refractivity contribution in [1.29, 1.82) is 0 Å². The van der Waals surface area contributed by atoms with Gasteiger partial charge >= 0.3 is 5.97 Å². The average Bonchev–Trinajstić information content (AvgIpc) is 3.21. The zero-order valence-electron chi connectivity index (χ0n) is 21.2. The maximum absolute atomic E-state index is 15.8. The number of carbonyl (C=O) groups excluding carboxylic acids is 3. The molecule has 0 spiro atoms. The zero-order chi connectivity index (χ0) is 26.5. The van der Waals surface area contributed by atoms with Crippen LogP contribution in [0, 0.1) is 22.7 Å². The lowest BCUT2D eigenvalue weighted by Crippen LogP contribution is -2.69. The van der Waals surface area contributed by atoms with E-state index in [1.165, 1.54) is 12.2 Å². The molecule has 0 aromatic carbocycles. The molecule has 0 unspecified atom stereocenters. The maximum atomic E-state index is 15.8. The van der Waals surface area contributed by atoms with Crippen LogP contribution in [0.2, 0.25) is 0 Å². The number of carbonyl (C=O) groups is 3. The van der Waals surface area contributed by atoms with Crippen LogP contribution in [0.4, 0.5) is 4.39 Å². The molecule has 0 aromatic heterocycles. The van der Waals surface area contributed by atoms with Crippen molar-refractivity contribution in [2.75, 3.05) is 6.61 Å². The van der Waals surface area contributed by atoms with Gasteiger partial charge in [-0.2, -0.15) is 0 Å². The lowest BCUT2D eigenvalue weighted by atomic mass is 9.46. The molecule has 9 atom stereocenters. The van der Waals surface area contributed by atoms with Crippen LogP contribution >= 0.6 is 23.2 Å². The molecule has 36 heavy (non-hydrogen) atoms. The summed E-state index contributed by atoms with van der Waals surface area (Å²) in [5.74, 6) is -2.83. The quantitative estimate of drug-likeness (QED) is 0.373. The van der Waals surface area contributed by atoms with Crippen molar-refractivity contribution in [3.05, 3.63) is 23.8 Å². The van der Waals surface area contributed by atoms with Crippen molar-refractivity contribution >= 4 is 40.7 Å². The predicted molar refractivity (Wildman–Crippen MR) is 131 cm³/mol. The number of allylic oxidation sites excluding steroid dienone is 4. The van der Waals surface area contributed by atoms with Gasteiger partial charge in [0.2, 0.25) is 5.78 Å². The maximum Gasteiger partial charge on any atom is 0.305 e. The van der Waals surface area contributed by atoms with E-state index >= 15 is 4.39 Å². The van der Waals surface area contributed by atoms with Crippen LogP contribution in [0.5, 0.6) is 0 Å². The molecule has 198 valence electrons. The molecule has 0 N–H and O–H groups in total. The third-order valence-corrected chi connectivity index (χ3v) is 11.2. The molecule has 5 rings (SSSR count). The second-order valence-electron chi connectivity index (χ2n) is 11.8. The summed E-state index contributed by atoms with van der Waals surface area (Å²) in [5.41, 5.74) is -2.87. The van der Waals surface area contributed by atoms with Crippen LogP contribution in [-0.2, 0) is 28.6 Å². The minimum atomic E-state index is -1.41. The standard InChI is InChI=1S/C27H33Cl2FO6/c1-6-22(33)34-13-20(32)27-21(35-23(2,3)36-27)11-15-16-10-18(30)17-9-14(31)7-8-24(17,4)26(16,29)19(28)12-25(15,27)5/h7-9,15-16,18-19,21H,6,10-13H2,1-5H3/t15-,16-,18-,19-,21+,24-,25-,26-,27+/m0/s1. The fraction of sp³-hybridized carbons (Fsp3) is 0.741. The molecule has 1 aliphatic heterocycles. The van der Waals surface area contributed by atoms with Gasteiger partial charge in [-0.15, -0.1) is 23.2 Å². The Bertz CT molecular complexity index is 1090. The summed E-state index contributed by atoms with van der Waals surface area (Å²) in [4.78, 5) is 36.8. The van der Waals surface area contributed by atoms with Gasteiger partial charge in [0.05, 0.1) is 16.4 Å². The Balaban J connectivity index is 1.60. The second-order valence-corrected chi connectivity index (χ2v) is 13.0. The summed E-state index contributed by atoms with van der Waals surface area (Å²) in [6, 6.07) is 0. The lowest BCUT2D eigenvalue weighted by molar-refractivity contribution is -0.214. The Kier molecular flexibility index (Phi) is 5.93. The summed E-state index contributed by atoms with van der Waals surface area (Å²) in [5, 5.41) is -0.668. The van der Waals surface area contributed by atoms with E-state index in [4.69, 9.17) is 37.4 Å². The van der Waals surface area contributed by atoms with Gasteiger partial charge in [-0.25, -0.2) is 4.39 Å². The molecule has 1 heterocycles. The molecule has 5 aliphatic rings. The molecule has 4 aliphatic carbocycles. The minimum absolute atomic E-state index is 0.0841. The lowest BCUT2D eigenvalue weighted by Gasteiger charge is -2.64. The van der Waals surface area contributed by atoms with Crippen molar-refractivity contribution in [2.45, 2.75) is 94.2 Å². The van der Waals surface area contributed by atoms with Crippen LogP contribution in [0.3, 0.4) is 0 Å². The van der Waals surface area contributed by atoms with Gasteiger partial charge in [0.25, 0.3) is 0 Å². The van der Waals surface area contributed by atoms with Crippen LogP contribution < -0.4 is 0 Å². The Morgan fingerprint density at radius 1 is 1.19 bits per heavy atom. The van der Waals surface area contributed by atoms with Gasteiger partial charge in [0.1, 0.15) is 6.17 Å². The van der Waals surface area contributed by atoms with E-state index in [1.807, 2.05) is 13.8 Å². The number of alkyl halides is 3. The number of halogens is 3. The molecule has 1 saturated heterocycles. The van der Waals surface area contributed by atoms with Gasteiger partial charge in [0, 0.05) is 17.3 Å². The number of hydrogen-bond acceptors (Lipinski definition) is 6. The number of ketones is 2. The first-order valence-electron chi connectivity index (χ1n) is 12.7. The smallest absolute Gasteiger partial charge is 0.305 e. The van der Waals surface area contributed by atoms with Crippen LogP contribution in [0.25, 0.3) is 0 Å². The van der Waals surface area contributed by atoms with E-state index in [9.17, 15) is 14.4 Å². The second kappa shape index (κ2) is 8.11. The Morgan fingerprint density at radius 2 is 1.89 bits per heavy atom. The van der Waals surface area contributed by atoms with Gasteiger partial charge in [-0.1, -0.05) is 26.8 Å². The van der Waals surface area contributed by atoms with Crippen LogP contribution in [0.1, 0.15) is 60.3 Å². The number of ether oxygens (including phenoxy) is 3. The first kappa shape index (κ1) is 26.3. The summed E-state index contributed by atoms with van der Waals surface area (Å²) in [6.45, 7) is 8.53. The molecule has 3 saturated carbocycles. The summed E-state index contributed by atoms with van der Waals surface area (Å²) < 4.78 is 33.7. The van der Waals surface area contributed by atoms with E-state index in [2.05, 4.69) is 0 Å². The molecule has 0 bridgehead atoms. The number of rotatable bonds is 4. The molecule has 0 amide bonds. The highest BCUT2D eigenvalue weighted by Crippen LogP contribution is 2.73. The fourth-order valence-corrected chi connectivity index (χ4v) is 9.29. The highest BCUT2D eigenvalue weighted by molar-refractivity contribution is 6.34. The van der Waals surface area contributed by atoms with Crippen molar-refractivity contribution in [1.82, 2.24) is 0 Å². The molecule has 0 radical (unpaired) electrons. The highest BCUT2D eigenvalue weighted by Gasteiger charge is 2.79. The minimum Gasteiger partial charge on any atom is -0.458 e. The predicted octanol–water partition coefficient (Wildman–Crippen LogP) is 4.84. The summed E-state index contributed by atoms with van der Waals surface area (Å²) in [7, 11) is 0. The molecular formula is C27H33Cl2FO6. The highest BCUT2D eigenvalue weighted by atomic mass is 35.5. The monoisotopic (exact) mass is 542 g/mol. The summed E-state index contributed by atoms with van der Waals surface area (Å²) >= 11 is 14.7. The number of hydrogen-bond donors (Lipinski definition) is 0. The van der Waals surface area contributed by atoms with E-state index < -0.39 is 63.2 Å². The third-order valence-electron chi connectivity index (χ3n) is 9.65. The molecule has 0 aromatic rings. The van der Waals surface area contributed by atoms with E-state index in [0.717, 1.165) is 0 Å². The SMILES string of the molecule is CCC(=O)OCC(=O)[C@@]12OC(C)(C)O[C@@H]1C[C@H]1[C@@H]3C[C@H](F)C4=CC(=O)C=C[C@]4(C)[C@@]3(Cl)[C@@H](Cl)C[C@@]12C. The Hall–Kier alpha value is -1.28. The zero-order valence-corrected chi connectivity index (χ0v) is 22.7. The fourth-order valence-electron chi connectivity index (χ4n) is 8.09. The van der Waals surface area contributed by atoms with E-state index in [1.54, 1.807) is 26.8 Å². The van der Waals surface area contributed by atoms with Gasteiger partial charge in [-0.3, -0.25) is 14.4 Å². The van der Waals surface area contributed by atoms with E-state index in [0.29, 0.717) is 18.4 Å². The topological polar surface area (TPSA) is 78.9 Å². The third kappa shape index (κ3) is 3.18. The Morgan fingerprint density at radius 3 is 2.56 bits per heavy atom. The van der Waals surface area contributed by atoms with Crippen molar-refractivity contribution in [3.8, 4) is 0 Å². The summed E-state index contributed by atoms with van der Waals surface area (Å²) in [6.07, 6.45) is 3.47. The normalized spacial score (nSPS) is 48.4. The van der Waals surface area contributed by atoms with E-state index in [-0.39, 0.29) is 30.3 Å². The van der Waals surface area contributed by atoms with Gasteiger partial charge < -0.3 is 14.2 Å². The number of esters is 1. The van der Waals surface area contributed by atoms with Crippen molar-refractivity contribution in [2.24, 2.45) is 22.7 Å². The van der Waals surface area contributed by atoms with Crippen molar-refractivity contribution < 1.29 is 33.0 Å². The Labute approximate surface area is 220 Å². The molecule has 4 fully saturated rings. The van der Waals surface area contributed by atoms with Crippen LogP contribution in [-0.4, -0.2) is 58.1 Å². The molecular weight excluding hydrogens is 510 g/mol.